The predicted molar refractivity (Wildman–Crippen MR) is 99.3 cm³/mol. The van der Waals surface area contributed by atoms with Crippen molar-refractivity contribution in [3.05, 3.63) is 64.2 Å². The van der Waals surface area contributed by atoms with Crippen molar-refractivity contribution in [3.8, 4) is 10.6 Å². The Morgan fingerprint density at radius 1 is 1.20 bits per heavy atom. The van der Waals surface area contributed by atoms with Crippen molar-refractivity contribution in [2.24, 2.45) is 0 Å². The summed E-state index contributed by atoms with van der Waals surface area (Å²) < 4.78 is 5.44. The maximum Gasteiger partial charge on any atom is 0.257 e. The third-order valence-corrected chi connectivity index (χ3v) is 4.97. The second-order valence-corrected chi connectivity index (χ2v) is 7.23. The monoisotopic (exact) mass is 369 g/mol. The lowest BCUT2D eigenvalue weighted by Crippen LogP contribution is -2.13. The Morgan fingerprint density at radius 2 is 2.08 bits per heavy atom. The average molecular weight is 370 g/mol. The van der Waals surface area contributed by atoms with E-state index in [9.17, 15) is 4.79 Å². The zero-order chi connectivity index (χ0) is 17.4. The second-order valence-electron chi connectivity index (χ2n) is 5.52. The van der Waals surface area contributed by atoms with Gasteiger partial charge in [-0.2, -0.15) is 0 Å². The summed E-state index contributed by atoms with van der Waals surface area (Å²) in [4.78, 5) is 18.4. The maximum absolute atomic E-state index is 12.8. The first kappa shape index (κ1) is 15.8. The molecule has 7 heteroatoms. The molecule has 1 N–H and O–H groups in total. The van der Waals surface area contributed by atoms with Gasteiger partial charge in [-0.1, -0.05) is 28.4 Å². The fourth-order valence-electron chi connectivity index (χ4n) is 2.57. The highest BCUT2D eigenvalue weighted by molar-refractivity contribution is 7.19. The van der Waals surface area contributed by atoms with Crippen LogP contribution in [0.4, 0.5) is 5.82 Å². The van der Waals surface area contributed by atoms with E-state index in [0.717, 1.165) is 21.3 Å². The van der Waals surface area contributed by atoms with Crippen LogP contribution in [0.25, 0.3) is 21.5 Å². The molecule has 0 radical (unpaired) electrons. The summed E-state index contributed by atoms with van der Waals surface area (Å²) in [6.45, 7) is 1.98. The van der Waals surface area contributed by atoms with Gasteiger partial charge in [0.05, 0.1) is 26.0 Å². The van der Waals surface area contributed by atoms with Gasteiger partial charge >= 0.3 is 0 Å². The summed E-state index contributed by atoms with van der Waals surface area (Å²) in [5.41, 5.74) is 3.03. The first-order chi connectivity index (χ1) is 12.1. The molecule has 4 rings (SSSR count). The molecule has 3 heterocycles. The topological polar surface area (TPSA) is 68.0 Å². The minimum absolute atomic E-state index is 0.268. The molecule has 0 saturated carbocycles. The maximum atomic E-state index is 12.8. The number of carbonyl (C=O) groups is 1. The van der Waals surface area contributed by atoms with Gasteiger partial charge in [0.25, 0.3) is 5.91 Å². The molecular formula is C18H12ClN3O2S. The van der Waals surface area contributed by atoms with E-state index in [4.69, 9.17) is 16.1 Å². The van der Waals surface area contributed by atoms with Crippen LogP contribution < -0.4 is 5.32 Å². The van der Waals surface area contributed by atoms with Crippen LogP contribution in [0.1, 0.15) is 15.9 Å². The number of rotatable bonds is 3. The van der Waals surface area contributed by atoms with Gasteiger partial charge in [-0.3, -0.25) is 4.79 Å². The van der Waals surface area contributed by atoms with Gasteiger partial charge in [0.1, 0.15) is 6.26 Å². The molecule has 0 bridgehead atoms. The number of halogens is 1. The minimum atomic E-state index is -0.268. The number of hydrogen-bond acceptors (Lipinski definition) is 5. The van der Waals surface area contributed by atoms with E-state index >= 15 is 0 Å². The number of nitrogens with zero attached hydrogens (tertiary/aromatic N) is 2. The summed E-state index contributed by atoms with van der Waals surface area (Å²) in [7, 11) is 0. The Hall–Kier alpha value is -2.70. The van der Waals surface area contributed by atoms with E-state index < -0.39 is 0 Å². The number of aryl methyl sites for hydroxylation is 1. The summed E-state index contributed by atoms with van der Waals surface area (Å²) in [5, 5.41) is 7.25. The summed E-state index contributed by atoms with van der Waals surface area (Å²) >= 11 is 7.46. The number of nitrogens with one attached hydrogen (secondary N) is 1. The standard InChI is InChI=1S/C18H12ClN3O2S/c1-10-2-3-13-11(8-10)12(18(23)21-17-6-7-24-22-17)9-14(20-13)15-4-5-16(19)25-15/h2-9H,1H3,(H,21,22,23). The Labute approximate surface area is 152 Å². The molecule has 1 aromatic carbocycles. The average Bonchev–Trinajstić information content (AvgIpc) is 3.25. The zero-order valence-electron chi connectivity index (χ0n) is 13.1. The van der Waals surface area contributed by atoms with Crippen LogP contribution in [0.15, 0.2) is 53.3 Å². The third-order valence-electron chi connectivity index (χ3n) is 3.71. The van der Waals surface area contributed by atoms with E-state index in [2.05, 4.69) is 15.5 Å². The number of aromatic nitrogens is 2. The van der Waals surface area contributed by atoms with Gasteiger partial charge in [-0.15, -0.1) is 11.3 Å². The van der Waals surface area contributed by atoms with Crippen LogP contribution in [-0.2, 0) is 0 Å². The largest absolute Gasteiger partial charge is 0.363 e. The summed E-state index contributed by atoms with van der Waals surface area (Å²) in [6, 6.07) is 12.9. The highest BCUT2D eigenvalue weighted by Gasteiger charge is 2.16. The zero-order valence-corrected chi connectivity index (χ0v) is 14.7. The van der Waals surface area contributed by atoms with E-state index in [0.29, 0.717) is 21.4 Å². The molecule has 1 amide bonds. The lowest BCUT2D eigenvalue weighted by Gasteiger charge is -2.09. The van der Waals surface area contributed by atoms with Gasteiger partial charge in [0.15, 0.2) is 5.82 Å². The molecule has 0 aliphatic heterocycles. The third kappa shape index (κ3) is 3.14. The molecule has 25 heavy (non-hydrogen) atoms. The fourth-order valence-corrected chi connectivity index (χ4v) is 3.57. The van der Waals surface area contributed by atoms with Crippen LogP contribution in [0.5, 0.6) is 0 Å². The Morgan fingerprint density at radius 3 is 2.80 bits per heavy atom. The van der Waals surface area contributed by atoms with E-state index in [1.54, 1.807) is 12.1 Å². The van der Waals surface area contributed by atoms with Crippen molar-refractivity contribution < 1.29 is 9.32 Å². The number of benzene rings is 1. The number of thiophene rings is 1. The highest BCUT2D eigenvalue weighted by Crippen LogP contribution is 2.32. The molecule has 0 aliphatic carbocycles. The van der Waals surface area contributed by atoms with Crippen LogP contribution >= 0.6 is 22.9 Å². The number of hydrogen-bond donors (Lipinski definition) is 1. The number of carbonyl (C=O) groups excluding carboxylic acids is 1. The van der Waals surface area contributed by atoms with E-state index in [1.165, 1.54) is 17.6 Å². The lowest BCUT2D eigenvalue weighted by atomic mass is 10.0. The molecule has 0 fully saturated rings. The molecule has 3 aromatic heterocycles. The Kier molecular flexibility index (Phi) is 3.99. The van der Waals surface area contributed by atoms with Crippen LogP contribution in [-0.4, -0.2) is 16.0 Å². The normalized spacial score (nSPS) is 11.0. The summed E-state index contributed by atoms with van der Waals surface area (Å²) in [5.74, 6) is 0.0964. The van der Waals surface area contributed by atoms with Gasteiger partial charge in [-0.25, -0.2) is 4.98 Å². The molecule has 4 aromatic rings. The van der Waals surface area contributed by atoms with Crippen LogP contribution in [0, 0.1) is 6.92 Å². The molecule has 5 nitrogen and oxygen atoms in total. The molecule has 0 aliphatic rings. The minimum Gasteiger partial charge on any atom is -0.363 e. The highest BCUT2D eigenvalue weighted by atomic mass is 35.5. The van der Waals surface area contributed by atoms with Crippen LogP contribution in [0.3, 0.4) is 0 Å². The number of pyridine rings is 1. The first-order valence-electron chi connectivity index (χ1n) is 7.49. The van der Waals surface area contributed by atoms with Crippen molar-refractivity contribution in [1.29, 1.82) is 0 Å². The smallest absolute Gasteiger partial charge is 0.257 e. The molecule has 0 unspecified atom stereocenters. The molecule has 0 spiro atoms. The van der Waals surface area contributed by atoms with Gasteiger partial charge < -0.3 is 9.84 Å². The van der Waals surface area contributed by atoms with E-state index in [1.807, 2.05) is 37.3 Å². The van der Waals surface area contributed by atoms with Crippen molar-refractivity contribution in [2.45, 2.75) is 6.92 Å². The van der Waals surface area contributed by atoms with Crippen molar-refractivity contribution >= 4 is 45.6 Å². The number of amides is 1. The summed E-state index contributed by atoms with van der Waals surface area (Å²) in [6.07, 6.45) is 1.41. The Bertz CT molecular complexity index is 1070. The van der Waals surface area contributed by atoms with Crippen molar-refractivity contribution in [1.82, 2.24) is 10.1 Å². The SMILES string of the molecule is Cc1ccc2nc(-c3ccc(Cl)s3)cc(C(=O)Nc3ccon3)c2c1. The number of fused-ring (bicyclic) bond motifs is 1. The molecule has 0 atom stereocenters. The molecular weight excluding hydrogens is 358 g/mol. The van der Waals surface area contributed by atoms with Crippen molar-refractivity contribution in [2.75, 3.05) is 5.32 Å². The fraction of sp³-hybridized carbons (Fsp3) is 0.0556. The van der Waals surface area contributed by atoms with Crippen LogP contribution in [0.2, 0.25) is 4.34 Å². The van der Waals surface area contributed by atoms with Crippen molar-refractivity contribution in [3.63, 3.8) is 0 Å². The van der Waals surface area contributed by atoms with Gasteiger partial charge in [0, 0.05) is 11.5 Å². The van der Waals surface area contributed by atoms with Gasteiger partial charge in [-0.05, 0) is 37.3 Å². The lowest BCUT2D eigenvalue weighted by molar-refractivity contribution is 0.102. The van der Waals surface area contributed by atoms with E-state index in [-0.39, 0.29) is 5.91 Å². The number of anilines is 1. The quantitative estimate of drug-likeness (QED) is 0.541. The molecule has 0 saturated heterocycles. The Balaban J connectivity index is 1.87. The van der Waals surface area contributed by atoms with Gasteiger partial charge in [0.2, 0.25) is 0 Å². The molecule has 124 valence electrons. The predicted octanol–water partition coefficient (Wildman–Crippen LogP) is 5.17. The second kappa shape index (κ2) is 6.31. The first-order valence-corrected chi connectivity index (χ1v) is 8.68.